The number of methoxy groups -OCH3 is 1. The number of ether oxygens (including phenoxy) is 3. The van der Waals surface area contributed by atoms with Crippen molar-refractivity contribution < 1.29 is 23.8 Å². The van der Waals surface area contributed by atoms with Crippen LogP contribution in [-0.2, 0) is 29.0 Å². The summed E-state index contributed by atoms with van der Waals surface area (Å²) >= 11 is 1.44. The van der Waals surface area contributed by atoms with E-state index in [1.54, 1.807) is 14.8 Å². The quantitative estimate of drug-likeness (QED) is 0.261. The summed E-state index contributed by atoms with van der Waals surface area (Å²) in [5.74, 6) is 0.825. The first kappa shape index (κ1) is 30.2. The number of rotatable bonds is 6. The Kier molecular flexibility index (Phi) is 8.29. The molecule has 43 heavy (non-hydrogen) atoms. The summed E-state index contributed by atoms with van der Waals surface area (Å²) in [6.45, 7) is 12.3. The monoisotopic (exact) mass is 604 g/mol. The molecule has 4 aromatic rings. The number of benzene rings is 1. The molecule has 0 saturated heterocycles. The zero-order valence-electron chi connectivity index (χ0n) is 25.6. The van der Waals surface area contributed by atoms with E-state index in [9.17, 15) is 14.4 Å². The normalized spacial score (nSPS) is 13.1. The molecular weight excluding hydrogens is 568 g/mol. The van der Waals surface area contributed by atoms with Crippen LogP contribution >= 0.6 is 11.3 Å². The molecule has 226 valence electrons. The molecule has 1 aliphatic rings. The number of thiophene rings is 1. The van der Waals surface area contributed by atoms with Crippen molar-refractivity contribution in [2.24, 2.45) is 0 Å². The number of esters is 1. The molecule has 10 nitrogen and oxygen atoms in total. The van der Waals surface area contributed by atoms with Gasteiger partial charge in [0, 0.05) is 35.2 Å². The summed E-state index contributed by atoms with van der Waals surface area (Å²) in [5.41, 5.74) is 5.06. The molecule has 0 aliphatic carbocycles. The summed E-state index contributed by atoms with van der Waals surface area (Å²) in [7, 11) is 1.36. The number of pyridine rings is 1. The van der Waals surface area contributed by atoms with E-state index in [0.29, 0.717) is 41.2 Å². The summed E-state index contributed by atoms with van der Waals surface area (Å²) in [6, 6.07) is 7.92. The lowest BCUT2D eigenvalue weighted by Gasteiger charge is -2.31. The standard InChI is InChI=1S/C32H36N4O6S/c1-18-8-9-26(21(14-18)22-15-19(2)33-27-24(30(38)40-7)17-43-28(22)27)41-13-12-36-20(3)34-25-10-11-35(16-23(25)29(36)37)31(39)42-32(4,5)6/h8-9,14-15,17H,10-13,16H2,1-7H3. The van der Waals surface area contributed by atoms with Crippen molar-refractivity contribution in [3.05, 3.63) is 73.9 Å². The van der Waals surface area contributed by atoms with Crippen molar-refractivity contribution in [1.29, 1.82) is 0 Å². The molecule has 0 saturated carbocycles. The van der Waals surface area contributed by atoms with Crippen LogP contribution in [0.2, 0.25) is 0 Å². The van der Waals surface area contributed by atoms with Crippen molar-refractivity contribution in [3.63, 3.8) is 0 Å². The molecule has 3 aromatic heterocycles. The smallest absolute Gasteiger partial charge is 0.410 e. The highest BCUT2D eigenvalue weighted by molar-refractivity contribution is 7.18. The molecule has 4 heterocycles. The van der Waals surface area contributed by atoms with Crippen LogP contribution in [0.1, 0.15) is 59.5 Å². The van der Waals surface area contributed by atoms with Crippen LogP contribution in [0.5, 0.6) is 5.75 Å². The van der Waals surface area contributed by atoms with E-state index < -0.39 is 17.7 Å². The van der Waals surface area contributed by atoms with E-state index in [1.807, 2.05) is 65.8 Å². The van der Waals surface area contributed by atoms with Gasteiger partial charge in [-0.25, -0.2) is 14.6 Å². The van der Waals surface area contributed by atoms with Gasteiger partial charge in [-0.3, -0.25) is 14.3 Å². The minimum atomic E-state index is -0.622. The molecule has 0 bridgehead atoms. The molecule has 0 atom stereocenters. The van der Waals surface area contributed by atoms with Gasteiger partial charge in [0.15, 0.2) is 0 Å². The van der Waals surface area contributed by atoms with Gasteiger partial charge in [-0.1, -0.05) is 11.6 Å². The average Bonchev–Trinajstić information content (AvgIpc) is 3.37. The second-order valence-electron chi connectivity index (χ2n) is 11.7. The van der Waals surface area contributed by atoms with Crippen molar-refractivity contribution >= 4 is 33.6 Å². The molecule has 0 fully saturated rings. The second-order valence-corrected chi connectivity index (χ2v) is 12.6. The van der Waals surface area contributed by atoms with E-state index >= 15 is 0 Å². The first-order valence-corrected chi connectivity index (χ1v) is 15.0. The van der Waals surface area contributed by atoms with Gasteiger partial charge >= 0.3 is 12.1 Å². The van der Waals surface area contributed by atoms with Gasteiger partial charge < -0.3 is 19.1 Å². The molecule has 5 rings (SSSR count). The number of fused-ring (bicyclic) bond motifs is 2. The molecule has 1 amide bonds. The minimum absolute atomic E-state index is 0.158. The van der Waals surface area contributed by atoms with Gasteiger partial charge in [-0.05, 0) is 59.7 Å². The maximum absolute atomic E-state index is 13.6. The van der Waals surface area contributed by atoms with Gasteiger partial charge in [0.25, 0.3) is 5.56 Å². The zero-order valence-corrected chi connectivity index (χ0v) is 26.4. The maximum Gasteiger partial charge on any atom is 0.410 e. The topological polar surface area (TPSA) is 113 Å². The average molecular weight is 605 g/mol. The van der Waals surface area contributed by atoms with Crippen LogP contribution < -0.4 is 10.3 Å². The van der Waals surface area contributed by atoms with Gasteiger partial charge in [-0.2, -0.15) is 0 Å². The van der Waals surface area contributed by atoms with Crippen molar-refractivity contribution in [2.45, 2.75) is 66.7 Å². The third-order valence-electron chi connectivity index (χ3n) is 7.21. The predicted molar refractivity (Wildman–Crippen MR) is 165 cm³/mol. The zero-order chi connectivity index (χ0) is 31.1. The Hall–Kier alpha value is -4.25. The largest absolute Gasteiger partial charge is 0.491 e. The molecule has 0 unspecified atom stereocenters. The SMILES string of the molecule is COC(=O)c1csc2c(-c3cc(C)ccc3OCCn3c(C)nc4c(c3=O)CN(C(=O)OC(C)(C)C)CC4)cc(C)nc12. The molecule has 1 aliphatic heterocycles. The predicted octanol–water partition coefficient (Wildman–Crippen LogP) is 5.60. The van der Waals surface area contributed by atoms with Crippen molar-refractivity contribution in [3.8, 4) is 16.9 Å². The van der Waals surface area contributed by atoms with E-state index in [-0.39, 0.29) is 25.3 Å². The molecule has 11 heteroatoms. The first-order chi connectivity index (χ1) is 20.4. The summed E-state index contributed by atoms with van der Waals surface area (Å²) in [6.07, 6.45) is 0.0550. The molecule has 0 N–H and O–H groups in total. The number of hydrogen-bond donors (Lipinski definition) is 0. The van der Waals surface area contributed by atoms with Crippen molar-refractivity contribution in [1.82, 2.24) is 19.4 Å². The highest BCUT2D eigenvalue weighted by atomic mass is 32.1. The van der Waals surface area contributed by atoms with Gasteiger partial charge in [0.1, 0.15) is 23.8 Å². The number of hydrogen-bond acceptors (Lipinski definition) is 9. The Morgan fingerprint density at radius 2 is 1.84 bits per heavy atom. The number of carbonyl (C=O) groups excluding carboxylic acids is 2. The number of aromatic nitrogens is 3. The Labute approximate surface area is 254 Å². The highest BCUT2D eigenvalue weighted by Crippen LogP contribution is 2.39. The van der Waals surface area contributed by atoms with E-state index in [0.717, 1.165) is 32.8 Å². The van der Waals surface area contributed by atoms with Crippen LogP contribution in [-0.4, -0.2) is 57.4 Å². The number of carbonyl (C=O) groups is 2. The molecule has 1 aromatic carbocycles. The third kappa shape index (κ3) is 6.27. The Morgan fingerprint density at radius 3 is 2.56 bits per heavy atom. The highest BCUT2D eigenvalue weighted by Gasteiger charge is 2.29. The van der Waals surface area contributed by atoms with E-state index in [2.05, 4.69) is 4.98 Å². The van der Waals surface area contributed by atoms with Gasteiger partial charge in [0.2, 0.25) is 0 Å². The molecule has 0 spiro atoms. The van der Waals surface area contributed by atoms with Crippen molar-refractivity contribution in [2.75, 3.05) is 20.3 Å². The fourth-order valence-corrected chi connectivity index (χ4v) is 6.20. The van der Waals surface area contributed by atoms with Crippen LogP contribution in [0.4, 0.5) is 4.79 Å². The summed E-state index contributed by atoms with van der Waals surface area (Å²) < 4.78 is 19.2. The second kappa shape index (κ2) is 11.8. The van der Waals surface area contributed by atoms with Crippen LogP contribution in [0, 0.1) is 20.8 Å². The number of nitrogens with zero attached hydrogens (tertiary/aromatic N) is 4. The first-order valence-electron chi connectivity index (χ1n) is 14.1. The summed E-state index contributed by atoms with van der Waals surface area (Å²) in [5, 5.41) is 1.77. The third-order valence-corrected chi connectivity index (χ3v) is 8.21. The Morgan fingerprint density at radius 1 is 1.07 bits per heavy atom. The fourth-order valence-electron chi connectivity index (χ4n) is 5.20. The fraction of sp³-hybridized carbons (Fsp3) is 0.406. The minimum Gasteiger partial charge on any atom is -0.491 e. The van der Waals surface area contributed by atoms with Gasteiger partial charge in [0.05, 0.1) is 47.2 Å². The van der Waals surface area contributed by atoms with Crippen LogP contribution in [0.15, 0.2) is 34.4 Å². The molecule has 0 radical (unpaired) electrons. The van der Waals surface area contributed by atoms with E-state index in [4.69, 9.17) is 19.2 Å². The lowest BCUT2D eigenvalue weighted by molar-refractivity contribution is 0.0221. The van der Waals surface area contributed by atoms with E-state index in [1.165, 1.54) is 18.4 Å². The summed E-state index contributed by atoms with van der Waals surface area (Å²) in [4.78, 5) is 49.5. The molecular formula is C32H36N4O6S. The Balaban J connectivity index is 1.40. The van der Waals surface area contributed by atoms with Crippen LogP contribution in [0.25, 0.3) is 21.3 Å². The van der Waals surface area contributed by atoms with Gasteiger partial charge in [-0.15, -0.1) is 11.3 Å². The number of amides is 1. The maximum atomic E-state index is 13.6. The van der Waals surface area contributed by atoms with Crippen LogP contribution in [0.3, 0.4) is 0 Å². The lowest BCUT2D eigenvalue weighted by atomic mass is 10.0. The number of aryl methyl sites for hydroxylation is 3. The Bertz CT molecular complexity index is 1790. The lowest BCUT2D eigenvalue weighted by Crippen LogP contribution is -2.43.